The first-order valence-corrected chi connectivity index (χ1v) is 8.40. The Morgan fingerprint density at radius 2 is 2.00 bits per heavy atom. The van der Waals surface area contributed by atoms with Crippen LogP contribution in [-0.2, 0) is 12.8 Å². The first-order chi connectivity index (χ1) is 10.7. The summed E-state index contributed by atoms with van der Waals surface area (Å²) in [7, 11) is 3.31. The lowest BCUT2D eigenvalue weighted by Crippen LogP contribution is -2.04. The SMILES string of the molecule is COc1ccc(OC)c(Nc2nc(SC)nc3c2CCC3)c1. The molecule has 1 N–H and O–H groups in total. The van der Waals surface area contributed by atoms with Crippen molar-refractivity contribution in [1.29, 1.82) is 0 Å². The van der Waals surface area contributed by atoms with E-state index in [0.29, 0.717) is 0 Å². The molecule has 0 saturated carbocycles. The van der Waals surface area contributed by atoms with E-state index in [1.54, 1.807) is 26.0 Å². The van der Waals surface area contributed by atoms with E-state index in [9.17, 15) is 0 Å². The lowest BCUT2D eigenvalue weighted by atomic mass is 10.2. The Morgan fingerprint density at radius 1 is 1.14 bits per heavy atom. The van der Waals surface area contributed by atoms with Crippen LogP contribution in [0.4, 0.5) is 11.5 Å². The van der Waals surface area contributed by atoms with E-state index >= 15 is 0 Å². The Morgan fingerprint density at radius 3 is 2.73 bits per heavy atom. The van der Waals surface area contributed by atoms with Crippen molar-refractivity contribution in [3.8, 4) is 11.5 Å². The monoisotopic (exact) mass is 317 g/mol. The van der Waals surface area contributed by atoms with Crippen molar-refractivity contribution in [1.82, 2.24) is 9.97 Å². The number of nitrogens with zero attached hydrogens (tertiary/aromatic N) is 2. The smallest absolute Gasteiger partial charge is 0.189 e. The Kier molecular flexibility index (Phi) is 4.38. The second-order valence-electron chi connectivity index (χ2n) is 5.03. The molecule has 0 atom stereocenters. The molecule has 1 aliphatic rings. The maximum Gasteiger partial charge on any atom is 0.189 e. The molecule has 1 aromatic heterocycles. The first kappa shape index (κ1) is 15.0. The van der Waals surface area contributed by atoms with Crippen LogP contribution in [0.25, 0.3) is 0 Å². The number of fused-ring (bicyclic) bond motifs is 1. The lowest BCUT2D eigenvalue weighted by Gasteiger charge is -2.15. The molecule has 1 aliphatic carbocycles. The van der Waals surface area contributed by atoms with E-state index in [1.165, 1.54) is 5.56 Å². The van der Waals surface area contributed by atoms with Gasteiger partial charge in [0.25, 0.3) is 0 Å². The number of methoxy groups -OCH3 is 2. The fourth-order valence-corrected chi connectivity index (χ4v) is 3.03. The highest BCUT2D eigenvalue weighted by Gasteiger charge is 2.20. The van der Waals surface area contributed by atoms with Gasteiger partial charge in [-0.3, -0.25) is 0 Å². The highest BCUT2D eigenvalue weighted by atomic mass is 32.2. The van der Waals surface area contributed by atoms with Crippen LogP contribution in [0.1, 0.15) is 17.7 Å². The number of hydrogen-bond acceptors (Lipinski definition) is 6. The number of hydrogen-bond donors (Lipinski definition) is 1. The predicted octanol–water partition coefficient (Wildman–Crippen LogP) is 3.45. The van der Waals surface area contributed by atoms with Gasteiger partial charge in [-0.2, -0.15) is 0 Å². The van der Waals surface area contributed by atoms with E-state index in [4.69, 9.17) is 9.47 Å². The molecule has 0 radical (unpaired) electrons. The molecule has 0 aliphatic heterocycles. The quantitative estimate of drug-likeness (QED) is 0.673. The number of benzene rings is 1. The van der Waals surface area contributed by atoms with Crippen molar-refractivity contribution in [2.45, 2.75) is 24.4 Å². The van der Waals surface area contributed by atoms with Gasteiger partial charge in [0.05, 0.1) is 25.6 Å². The van der Waals surface area contributed by atoms with Crippen molar-refractivity contribution < 1.29 is 9.47 Å². The van der Waals surface area contributed by atoms with E-state index in [0.717, 1.165) is 53.1 Å². The van der Waals surface area contributed by atoms with E-state index < -0.39 is 0 Å². The van der Waals surface area contributed by atoms with E-state index in [1.807, 2.05) is 24.5 Å². The molecular weight excluding hydrogens is 298 g/mol. The minimum absolute atomic E-state index is 0.761. The number of nitrogens with one attached hydrogen (secondary N) is 1. The molecule has 0 spiro atoms. The Labute approximate surface area is 134 Å². The van der Waals surface area contributed by atoms with Crippen LogP contribution in [-0.4, -0.2) is 30.4 Å². The number of ether oxygens (including phenoxy) is 2. The van der Waals surface area contributed by atoms with Crippen LogP contribution in [0.2, 0.25) is 0 Å². The Balaban J connectivity index is 2.01. The molecule has 0 unspecified atom stereocenters. The Bertz CT molecular complexity index is 691. The maximum absolute atomic E-state index is 5.43. The molecule has 1 heterocycles. The van der Waals surface area contributed by atoms with Gasteiger partial charge in [-0.1, -0.05) is 11.8 Å². The van der Waals surface area contributed by atoms with Crippen LogP contribution in [0.15, 0.2) is 23.4 Å². The molecule has 1 aromatic carbocycles. The van der Waals surface area contributed by atoms with Crippen molar-refractivity contribution in [2.24, 2.45) is 0 Å². The summed E-state index contributed by atoms with van der Waals surface area (Å²) in [5.74, 6) is 2.41. The summed E-state index contributed by atoms with van der Waals surface area (Å²) in [6.07, 6.45) is 5.16. The van der Waals surface area contributed by atoms with Crippen molar-refractivity contribution in [3.63, 3.8) is 0 Å². The van der Waals surface area contributed by atoms with Gasteiger partial charge in [0, 0.05) is 11.6 Å². The standard InChI is InChI=1S/C16H19N3O2S/c1-20-10-7-8-14(21-2)13(9-10)17-15-11-5-4-6-12(11)18-16(19-15)22-3/h7-9H,4-6H2,1-3H3,(H,17,18,19). The fraction of sp³-hybridized carbons (Fsp3) is 0.375. The average Bonchev–Trinajstić information content (AvgIpc) is 3.03. The Hall–Kier alpha value is -1.95. The van der Waals surface area contributed by atoms with Crippen molar-refractivity contribution in [2.75, 3.05) is 25.8 Å². The van der Waals surface area contributed by atoms with Crippen molar-refractivity contribution >= 4 is 23.3 Å². The molecule has 3 rings (SSSR count). The first-order valence-electron chi connectivity index (χ1n) is 7.18. The third kappa shape index (κ3) is 2.83. The van der Waals surface area contributed by atoms with Gasteiger partial charge >= 0.3 is 0 Å². The summed E-state index contributed by atoms with van der Waals surface area (Å²) >= 11 is 1.56. The molecule has 2 aromatic rings. The van der Waals surface area contributed by atoms with Gasteiger partial charge in [-0.15, -0.1) is 0 Å². The number of rotatable bonds is 5. The van der Waals surface area contributed by atoms with Crippen LogP contribution >= 0.6 is 11.8 Å². The number of thioether (sulfide) groups is 1. The molecule has 22 heavy (non-hydrogen) atoms. The second-order valence-corrected chi connectivity index (χ2v) is 5.80. The number of anilines is 2. The molecule has 0 saturated heterocycles. The molecule has 0 fully saturated rings. The minimum Gasteiger partial charge on any atom is -0.497 e. The summed E-state index contributed by atoms with van der Waals surface area (Å²) in [5, 5.41) is 4.20. The molecule has 6 heteroatoms. The average molecular weight is 317 g/mol. The summed E-state index contributed by atoms with van der Waals surface area (Å²) < 4.78 is 10.7. The zero-order valence-electron chi connectivity index (χ0n) is 13.0. The molecular formula is C16H19N3O2S. The van der Waals surface area contributed by atoms with Crippen LogP contribution in [0.3, 0.4) is 0 Å². The van der Waals surface area contributed by atoms with Crippen molar-refractivity contribution in [3.05, 3.63) is 29.5 Å². The van der Waals surface area contributed by atoms with Gasteiger partial charge in [-0.05, 0) is 37.7 Å². The second kappa shape index (κ2) is 6.44. The lowest BCUT2D eigenvalue weighted by molar-refractivity contribution is 0.405. The third-order valence-corrected chi connectivity index (χ3v) is 4.30. The molecule has 0 bridgehead atoms. The largest absolute Gasteiger partial charge is 0.497 e. The van der Waals surface area contributed by atoms with E-state index in [2.05, 4.69) is 15.3 Å². The number of aromatic nitrogens is 2. The fourth-order valence-electron chi connectivity index (χ4n) is 2.64. The highest BCUT2D eigenvalue weighted by Crippen LogP contribution is 2.35. The van der Waals surface area contributed by atoms with Crippen LogP contribution in [0.5, 0.6) is 11.5 Å². The van der Waals surface area contributed by atoms with E-state index in [-0.39, 0.29) is 0 Å². The highest BCUT2D eigenvalue weighted by molar-refractivity contribution is 7.98. The topological polar surface area (TPSA) is 56.3 Å². The zero-order valence-corrected chi connectivity index (χ0v) is 13.8. The van der Waals surface area contributed by atoms with Gasteiger partial charge in [0.1, 0.15) is 17.3 Å². The summed E-state index contributed by atoms with van der Waals surface area (Å²) in [6.45, 7) is 0. The predicted molar refractivity (Wildman–Crippen MR) is 88.7 cm³/mol. The number of aryl methyl sites for hydroxylation is 1. The summed E-state index contributed by atoms with van der Waals surface area (Å²) in [6, 6.07) is 5.68. The van der Waals surface area contributed by atoms with Gasteiger partial charge < -0.3 is 14.8 Å². The molecule has 5 nitrogen and oxygen atoms in total. The summed E-state index contributed by atoms with van der Waals surface area (Å²) in [4.78, 5) is 9.24. The van der Waals surface area contributed by atoms with Crippen LogP contribution < -0.4 is 14.8 Å². The molecule has 116 valence electrons. The van der Waals surface area contributed by atoms with Gasteiger partial charge in [0.2, 0.25) is 0 Å². The van der Waals surface area contributed by atoms with Gasteiger partial charge in [-0.25, -0.2) is 9.97 Å². The minimum atomic E-state index is 0.761. The summed E-state index contributed by atoms with van der Waals surface area (Å²) in [5.41, 5.74) is 3.22. The zero-order chi connectivity index (χ0) is 15.5. The maximum atomic E-state index is 5.43. The molecule has 0 amide bonds. The third-order valence-electron chi connectivity index (χ3n) is 3.75. The normalized spacial score (nSPS) is 12.9. The van der Waals surface area contributed by atoms with Crippen LogP contribution in [0, 0.1) is 0 Å². The van der Waals surface area contributed by atoms with Gasteiger partial charge in [0.15, 0.2) is 5.16 Å².